The summed E-state index contributed by atoms with van der Waals surface area (Å²) in [4.78, 5) is 0. The fraction of sp³-hybridized carbons (Fsp3) is 0.200. The van der Waals surface area contributed by atoms with E-state index < -0.39 is 12.5 Å². The number of aliphatic hydroxyl groups is 1. The number of aliphatic hydroxyl groups excluding tert-OH is 1. The Morgan fingerprint density at radius 3 is 2.52 bits per heavy atom. The quantitative estimate of drug-likeness (QED) is 0.894. The van der Waals surface area contributed by atoms with Crippen molar-refractivity contribution in [2.45, 2.75) is 19.4 Å². The van der Waals surface area contributed by atoms with E-state index in [-0.39, 0.29) is 5.75 Å². The molecular formula is C15H12ClF3O2. The molecule has 0 spiro atoms. The van der Waals surface area contributed by atoms with Crippen LogP contribution in [0.25, 0.3) is 0 Å². The largest absolute Gasteiger partial charge is 0.573 e. The van der Waals surface area contributed by atoms with Gasteiger partial charge in [0.25, 0.3) is 0 Å². The Balaban J connectivity index is 2.33. The Morgan fingerprint density at radius 1 is 1.14 bits per heavy atom. The smallest absolute Gasteiger partial charge is 0.406 e. The number of benzene rings is 2. The third kappa shape index (κ3) is 4.12. The maximum absolute atomic E-state index is 12.2. The lowest BCUT2D eigenvalue weighted by atomic mass is 9.97. The molecule has 0 heterocycles. The summed E-state index contributed by atoms with van der Waals surface area (Å²) >= 11 is 5.88. The fourth-order valence-corrected chi connectivity index (χ4v) is 2.15. The minimum Gasteiger partial charge on any atom is -0.406 e. The van der Waals surface area contributed by atoms with Crippen molar-refractivity contribution in [1.29, 1.82) is 0 Å². The van der Waals surface area contributed by atoms with Crippen molar-refractivity contribution in [2.24, 2.45) is 0 Å². The Hall–Kier alpha value is -1.72. The lowest BCUT2D eigenvalue weighted by molar-refractivity contribution is -0.274. The van der Waals surface area contributed by atoms with E-state index in [9.17, 15) is 18.3 Å². The van der Waals surface area contributed by atoms with Crippen LogP contribution in [-0.4, -0.2) is 11.5 Å². The zero-order valence-electron chi connectivity index (χ0n) is 11.0. The highest BCUT2D eigenvalue weighted by molar-refractivity contribution is 6.30. The molecule has 2 rings (SSSR count). The van der Waals surface area contributed by atoms with Crippen LogP contribution in [0.15, 0.2) is 42.5 Å². The summed E-state index contributed by atoms with van der Waals surface area (Å²) < 4.78 is 40.5. The Kier molecular flexibility index (Phi) is 4.44. The SMILES string of the molecule is Cc1ccc(Cl)cc1C(O)c1cccc(OC(F)(F)F)c1. The van der Waals surface area contributed by atoms with Gasteiger partial charge in [-0.1, -0.05) is 29.8 Å². The van der Waals surface area contributed by atoms with Crippen LogP contribution in [0.3, 0.4) is 0 Å². The summed E-state index contributed by atoms with van der Waals surface area (Å²) in [6, 6.07) is 10.2. The second-order valence-corrected chi connectivity index (χ2v) is 4.96. The van der Waals surface area contributed by atoms with Crippen LogP contribution in [0, 0.1) is 6.92 Å². The van der Waals surface area contributed by atoms with Crippen molar-refractivity contribution in [3.63, 3.8) is 0 Å². The fourth-order valence-electron chi connectivity index (χ4n) is 1.97. The highest BCUT2D eigenvalue weighted by Crippen LogP contribution is 2.30. The molecule has 0 amide bonds. The average Bonchev–Trinajstić information content (AvgIpc) is 2.39. The van der Waals surface area contributed by atoms with Gasteiger partial charge in [-0.05, 0) is 47.9 Å². The summed E-state index contributed by atoms with van der Waals surface area (Å²) in [6.45, 7) is 1.78. The first-order valence-corrected chi connectivity index (χ1v) is 6.44. The topological polar surface area (TPSA) is 29.5 Å². The molecule has 0 fully saturated rings. The molecule has 1 atom stereocenters. The first-order valence-electron chi connectivity index (χ1n) is 6.06. The van der Waals surface area contributed by atoms with Gasteiger partial charge in [-0.15, -0.1) is 13.2 Å². The highest BCUT2D eigenvalue weighted by atomic mass is 35.5. The van der Waals surface area contributed by atoms with Crippen LogP contribution in [0.2, 0.25) is 5.02 Å². The molecule has 21 heavy (non-hydrogen) atoms. The summed E-state index contributed by atoms with van der Waals surface area (Å²) in [5, 5.41) is 10.8. The van der Waals surface area contributed by atoms with E-state index in [1.54, 1.807) is 25.1 Å². The molecule has 1 N–H and O–H groups in total. The number of hydrogen-bond donors (Lipinski definition) is 1. The van der Waals surface area contributed by atoms with Crippen molar-refractivity contribution in [2.75, 3.05) is 0 Å². The second kappa shape index (κ2) is 5.95. The number of ether oxygens (including phenoxy) is 1. The molecule has 0 bridgehead atoms. The first-order chi connectivity index (χ1) is 9.76. The van der Waals surface area contributed by atoms with Gasteiger partial charge in [0, 0.05) is 5.02 Å². The van der Waals surface area contributed by atoms with Gasteiger partial charge in [0.1, 0.15) is 11.9 Å². The van der Waals surface area contributed by atoms with Crippen LogP contribution in [-0.2, 0) is 0 Å². The van der Waals surface area contributed by atoms with Gasteiger partial charge < -0.3 is 9.84 Å². The summed E-state index contributed by atoms with van der Waals surface area (Å²) in [5.41, 5.74) is 1.61. The standard InChI is InChI=1S/C15H12ClF3O2/c1-9-5-6-11(16)8-13(9)14(20)10-3-2-4-12(7-10)21-15(17,18)19/h2-8,14,20H,1H3. The maximum atomic E-state index is 12.2. The highest BCUT2D eigenvalue weighted by Gasteiger charge is 2.31. The number of rotatable bonds is 3. The molecule has 2 nitrogen and oxygen atoms in total. The zero-order chi connectivity index (χ0) is 15.6. The predicted octanol–water partition coefficient (Wildman–Crippen LogP) is 4.63. The molecule has 6 heteroatoms. The van der Waals surface area contributed by atoms with Crippen LogP contribution >= 0.6 is 11.6 Å². The van der Waals surface area contributed by atoms with Crippen LogP contribution in [0.5, 0.6) is 5.75 Å². The first kappa shape index (κ1) is 15.7. The Bertz CT molecular complexity index is 641. The average molecular weight is 317 g/mol. The molecule has 1 unspecified atom stereocenters. The monoisotopic (exact) mass is 316 g/mol. The molecule has 0 aliphatic heterocycles. The van der Waals surface area contributed by atoms with Gasteiger partial charge in [-0.2, -0.15) is 0 Å². The van der Waals surface area contributed by atoms with Gasteiger partial charge in [0.05, 0.1) is 0 Å². The molecule has 0 saturated heterocycles. The maximum Gasteiger partial charge on any atom is 0.573 e. The molecular weight excluding hydrogens is 305 g/mol. The minimum absolute atomic E-state index is 0.294. The molecule has 0 aliphatic rings. The van der Waals surface area contributed by atoms with E-state index in [1.807, 2.05) is 0 Å². The predicted molar refractivity (Wildman–Crippen MR) is 73.4 cm³/mol. The van der Waals surface area contributed by atoms with Gasteiger partial charge in [0.15, 0.2) is 0 Å². The van der Waals surface area contributed by atoms with Crippen molar-refractivity contribution >= 4 is 11.6 Å². The lowest BCUT2D eigenvalue weighted by Gasteiger charge is -2.16. The van der Waals surface area contributed by atoms with E-state index >= 15 is 0 Å². The summed E-state index contributed by atoms with van der Waals surface area (Å²) in [7, 11) is 0. The number of hydrogen-bond acceptors (Lipinski definition) is 2. The van der Waals surface area contributed by atoms with Crippen molar-refractivity contribution in [3.05, 3.63) is 64.2 Å². The lowest BCUT2D eigenvalue weighted by Crippen LogP contribution is -2.17. The molecule has 112 valence electrons. The molecule has 2 aromatic rings. The number of halogens is 4. The molecule has 0 aliphatic carbocycles. The number of aryl methyl sites for hydroxylation is 1. The summed E-state index contributed by atoms with van der Waals surface area (Å²) in [5.74, 6) is -0.376. The van der Waals surface area contributed by atoms with E-state index in [0.717, 1.165) is 11.6 Å². The molecule has 2 aromatic carbocycles. The van der Waals surface area contributed by atoms with Crippen molar-refractivity contribution in [1.82, 2.24) is 0 Å². The molecule has 0 saturated carbocycles. The van der Waals surface area contributed by atoms with Crippen LogP contribution in [0.4, 0.5) is 13.2 Å². The van der Waals surface area contributed by atoms with Crippen molar-refractivity contribution in [3.8, 4) is 5.75 Å². The Morgan fingerprint density at radius 2 is 1.86 bits per heavy atom. The van der Waals surface area contributed by atoms with E-state index in [0.29, 0.717) is 16.1 Å². The number of alkyl halides is 3. The van der Waals surface area contributed by atoms with E-state index in [2.05, 4.69) is 4.74 Å². The third-order valence-electron chi connectivity index (χ3n) is 2.94. The molecule has 0 radical (unpaired) electrons. The molecule has 0 aromatic heterocycles. The van der Waals surface area contributed by atoms with Crippen LogP contribution < -0.4 is 4.74 Å². The summed E-state index contributed by atoms with van der Waals surface area (Å²) in [6.07, 6.45) is -5.85. The Labute approximate surface area is 124 Å². The minimum atomic E-state index is -4.77. The third-order valence-corrected chi connectivity index (χ3v) is 3.18. The second-order valence-electron chi connectivity index (χ2n) is 4.52. The van der Waals surface area contributed by atoms with Gasteiger partial charge in [-0.25, -0.2) is 0 Å². The van der Waals surface area contributed by atoms with E-state index in [4.69, 9.17) is 11.6 Å². The van der Waals surface area contributed by atoms with Gasteiger partial charge >= 0.3 is 6.36 Å². The van der Waals surface area contributed by atoms with Gasteiger partial charge in [-0.3, -0.25) is 0 Å². The van der Waals surface area contributed by atoms with Crippen molar-refractivity contribution < 1.29 is 23.0 Å². The van der Waals surface area contributed by atoms with Gasteiger partial charge in [0.2, 0.25) is 0 Å². The van der Waals surface area contributed by atoms with E-state index in [1.165, 1.54) is 18.2 Å². The normalized spacial score (nSPS) is 13.0. The van der Waals surface area contributed by atoms with Crippen LogP contribution in [0.1, 0.15) is 22.8 Å². The zero-order valence-corrected chi connectivity index (χ0v) is 11.7.